The molecule has 0 unspecified atom stereocenters. The zero-order valence-corrected chi connectivity index (χ0v) is 11.6. The molecule has 5 heteroatoms. The van der Waals surface area contributed by atoms with Crippen LogP contribution in [-0.4, -0.2) is 11.1 Å². The van der Waals surface area contributed by atoms with E-state index in [1.54, 1.807) is 24.3 Å². The molecule has 110 valence electrons. The highest BCUT2D eigenvalue weighted by Gasteiger charge is 2.13. The molecule has 0 aliphatic carbocycles. The zero-order chi connectivity index (χ0) is 15.4. The van der Waals surface area contributed by atoms with Crippen molar-refractivity contribution in [1.29, 1.82) is 0 Å². The van der Waals surface area contributed by atoms with E-state index in [1.807, 2.05) is 30.3 Å². The van der Waals surface area contributed by atoms with Crippen LogP contribution in [0, 0.1) is 5.82 Å². The predicted octanol–water partition coefficient (Wildman–Crippen LogP) is 3.41. The van der Waals surface area contributed by atoms with Crippen molar-refractivity contribution in [3.63, 3.8) is 0 Å². The number of hydrogen-bond acceptors (Lipinski definition) is 3. The Labute approximate surface area is 126 Å². The van der Waals surface area contributed by atoms with Gasteiger partial charge in [-0.25, -0.2) is 4.39 Å². The van der Waals surface area contributed by atoms with Crippen LogP contribution in [0.15, 0.2) is 65.2 Å². The molecule has 0 fully saturated rings. The fraction of sp³-hybridized carbons (Fsp3) is 0.0588. The van der Waals surface area contributed by atoms with Gasteiger partial charge >= 0.3 is 0 Å². The number of carbonyl (C=O) groups excluding carboxylic acids is 1. The van der Waals surface area contributed by atoms with Crippen molar-refractivity contribution in [2.45, 2.75) is 6.54 Å². The summed E-state index contributed by atoms with van der Waals surface area (Å²) in [5, 5.41) is 6.37. The SMILES string of the molecule is O=C(NCc1ccccc1F)c1cc(-c2ccccc2)on1. The van der Waals surface area contributed by atoms with Crippen molar-refractivity contribution in [2.75, 3.05) is 0 Å². The van der Waals surface area contributed by atoms with Crippen LogP contribution in [0.2, 0.25) is 0 Å². The molecule has 3 rings (SSSR count). The van der Waals surface area contributed by atoms with Crippen LogP contribution in [0.5, 0.6) is 0 Å². The molecule has 3 aromatic rings. The third-order valence-electron chi connectivity index (χ3n) is 3.20. The monoisotopic (exact) mass is 296 g/mol. The maximum atomic E-state index is 13.5. The van der Waals surface area contributed by atoms with E-state index < -0.39 is 5.91 Å². The first-order valence-corrected chi connectivity index (χ1v) is 6.78. The number of amides is 1. The summed E-state index contributed by atoms with van der Waals surface area (Å²) < 4.78 is 18.6. The van der Waals surface area contributed by atoms with Gasteiger partial charge in [0, 0.05) is 23.7 Å². The summed E-state index contributed by atoms with van der Waals surface area (Å²) in [4.78, 5) is 12.0. The minimum Gasteiger partial charge on any atom is -0.355 e. The second-order valence-corrected chi connectivity index (χ2v) is 4.72. The van der Waals surface area contributed by atoms with Crippen molar-refractivity contribution in [3.05, 3.63) is 77.7 Å². The Morgan fingerprint density at radius 1 is 1.09 bits per heavy atom. The summed E-state index contributed by atoms with van der Waals surface area (Å²) in [7, 11) is 0. The summed E-state index contributed by atoms with van der Waals surface area (Å²) in [6.07, 6.45) is 0. The largest absolute Gasteiger partial charge is 0.355 e. The van der Waals surface area contributed by atoms with E-state index in [2.05, 4.69) is 10.5 Å². The summed E-state index contributed by atoms with van der Waals surface area (Å²) in [6.45, 7) is 0.0963. The summed E-state index contributed by atoms with van der Waals surface area (Å²) >= 11 is 0. The Kier molecular flexibility index (Phi) is 3.96. The molecule has 0 aliphatic heterocycles. The number of nitrogens with one attached hydrogen (secondary N) is 1. The Balaban J connectivity index is 1.69. The number of aromatic nitrogens is 1. The molecule has 1 amide bonds. The highest BCUT2D eigenvalue weighted by molar-refractivity contribution is 5.93. The van der Waals surface area contributed by atoms with Gasteiger partial charge in [0.25, 0.3) is 5.91 Å². The van der Waals surface area contributed by atoms with E-state index in [0.717, 1.165) is 5.56 Å². The molecule has 22 heavy (non-hydrogen) atoms. The fourth-order valence-corrected chi connectivity index (χ4v) is 2.03. The van der Waals surface area contributed by atoms with Crippen LogP contribution in [0.4, 0.5) is 4.39 Å². The van der Waals surface area contributed by atoms with Crippen molar-refractivity contribution in [1.82, 2.24) is 10.5 Å². The molecule has 0 aliphatic rings. The standard InChI is InChI=1S/C17H13FN2O2/c18-14-9-5-4-8-13(14)11-19-17(21)15-10-16(22-20-15)12-6-2-1-3-7-12/h1-10H,11H2,(H,19,21). The normalized spacial score (nSPS) is 10.4. The van der Waals surface area contributed by atoms with Gasteiger partial charge in [-0.15, -0.1) is 0 Å². The summed E-state index contributed by atoms with van der Waals surface area (Å²) in [5.41, 5.74) is 1.42. The van der Waals surface area contributed by atoms with E-state index in [0.29, 0.717) is 11.3 Å². The molecule has 0 saturated carbocycles. The molecular weight excluding hydrogens is 283 g/mol. The molecular formula is C17H13FN2O2. The number of nitrogens with zero attached hydrogens (tertiary/aromatic N) is 1. The third kappa shape index (κ3) is 3.03. The first-order valence-electron chi connectivity index (χ1n) is 6.78. The van der Waals surface area contributed by atoms with Crippen molar-refractivity contribution >= 4 is 5.91 Å². The Bertz CT molecular complexity index is 784. The first kappa shape index (κ1) is 14.0. The van der Waals surface area contributed by atoms with Gasteiger partial charge in [0.1, 0.15) is 5.82 Å². The molecule has 1 N–H and O–H groups in total. The van der Waals surface area contributed by atoms with Gasteiger partial charge in [-0.05, 0) is 6.07 Å². The minimum atomic E-state index is -0.408. The Morgan fingerprint density at radius 3 is 2.59 bits per heavy atom. The molecule has 4 nitrogen and oxygen atoms in total. The second kappa shape index (κ2) is 6.22. The maximum Gasteiger partial charge on any atom is 0.273 e. The van der Waals surface area contributed by atoms with E-state index in [-0.39, 0.29) is 18.1 Å². The van der Waals surface area contributed by atoms with Crippen LogP contribution in [0.25, 0.3) is 11.3 Å². The first-order chi connectivity index (χ1) is 10.7. The summed E-state index contributed by atoms with van der Waals surface area (Å²) in [5.74, 6) is -0.251. The number of rotatable bonds is 4. The highest BCUT2D eigenvalue weighted by atomic mass is 19.1. The molecule has 1 aromatic heterocycles. The average Bonchev–Trinajstić information content (AvgIpc) is 3.05. The topological polar surface area (TPSA) is 55.1 Å². The van der Waals surface area contributed by atoms with Gasteiger partial charge in [-0.3, -0.25) is 4.79 Å². The van der Waals surface area contributed by atoms with Crippen LogP contribution in [-0.2, 0) is 6.54 Å². The lowest BCUT2D eigenvalue weighted by Gasteiger charge is -2.03. The lowest BCUT2D eigenvalue weighted by atomic mass is 10.1. The van der Waals surface area contributed by atoms with Gasteiger partial charge in [0.05, 0.1) is 0 Å². The number of benzene rings is 2. The molecule has 0 spiro atoms. The van der Waals surface area contributed by atoms with E-state index in [4.69, 9.17) is 4.52 Å². The highest BCUT2D eigenvalue weighted by Crippen LogP contribution is 2.19. The van der Waals surface area contributed by atoms with Crippen molar-refractivity contribution in [2.24, 2.45) is 0 Å². The second-order valence-electron chi connectivity index (χ2n) is 4.72. The smallest absolute Gasteiger partial charge is 0.273 e. The van der Waals surface area contributed by atoms with E-state index in [9.17, 15) is 9.18 Å². The number of carbonyl (C=O) groups is 1. The molecule has 0 atom stereocenters. The van der Waals surface area contributed by atoms with E-state index >= 15 is 0 Å². The zero-order valence-electron chi connectivity index (χ0n) is 11.6. The van der Waals surface area contributed by atoms with Gasteiger partial charge < -0.3 is 9.84 Å². The average molecular weight is 296 g/mol. The number of halogens is 1. The fourth-order valence-electron chi connectivity index (χ4n) is 2.03. The molecule has 0 bridgehead atoms. The molecule has 0 radical (unpaired) electrons. The predicted molar refractivity (Wildman–Crippen MR) is 79.5 cm³/mol. The van der Waals surface area contributed by atoms with Crippen molar-refractivity contribution < 1.29 is 13.7 Å². The van der Waals surface area contributed by atoms with Crippen LogP contribution in [0.1, 0.15) is 16.1 Å². The Hall–Kier alpha value is -2.95. The van der Waals surface area contributed by atoms with Crippen LogP contribution >= 0.6 is 0 Å². The lowest BCUT2D eigenvalue weighted by molar-refractivity contribution is 0.0941. The lowest BCUT2D eigenvalue weighted by Crippen LogP contribution is -2.23. The van der Waals surface area contributed by atoms with Gasteiger partial charge in [-0.2, -0.15) is 0 Å². The van der Waals surface area contributed by atoms with Crippen LogP contribution < -0.4 is 5.32 Å². The molecule has 1 heterocycles. The Morgan fingerprint density at radius 2 is 1.82 bits per heavy atom. The maximum absolute atomic E-state index is 13.5. The minimum absolute atomic E-state index is 0.0963. The van der Waals surface area contributed by atoms with Crippen molar-refractivity contribution in [3.8, 4) is 11.3 Å². The summed E-state index contributed by atoms with van der Waals surface area (Å²) in [6, 6.07) is 17.2. The van der Waals surface area contributed by atoms with Gasteiger partial charge in [-0.1, -0.05) is 53.7 Å². The van der Waals surface area contributed by atoms with E-state index in [1.165, 1.54) is 6.07 Å². The number of hydrogen-bond donors (Lipinski definition) is 1. The van der Waals surface area contributed by atoms with Gasteiger partial charge in [0.2, 0.25) is 0 Å². The molecule has 2 aromatic carbocycles. The molecule has 0 saturated heterocycles. The van der Waals surface area contributed by atoms with Gasteiger partial charge in [0.15, 0.2) is 11.5 Å². The quantitative estimate of drug-likeness (QED) is 0.802. The van der Waals surface area contributed by atoms with Crippen LogP contribution in [0.3, 0.4) is 0 Å². The third-order valence-corrected chi connectivity index (χ3v) is 3.20.